The van der Waals surface area contributed by atoms with Crippen LogP contribution in [0.25, 0.3) is 0 Å². The predicted octanol–water partition coefficient (Wildman–Crippen LogP) is 3.75. The highest BCUT2D eigenvalue weighted by Crippen LogP contribution is 2.25. The fourth-order valence-electron chi connectivity index (χ4n) is 3.25. The number of benzene rings is 1. The molecule has 6 heteroatoms. The first kappa shape index (κ1) is 17.8. The molecule has 5 nitrogen and oxygen atoms in total. The van der Waals surface area contributed by atoms with Crippen LogP contribution in [0.5, 0.6) is 0 Å². The van der Waals surface area contributed by atoms with E-state index < -0.39 is 0 Å². The van der Waals surface area contributed by atoms with E-state index in [2.05, 4.69) is 33.9 Å². The lowest BCUT2D eigenvalue weighted by atomic mass is 9.89. The minimum atomic E-state index is 0.0472. The molecule has 0 saturated carbocycles. The van der Waals surface area contributed by atoms with Crippen LogP contribution in [0.1, 0.15) is 48.4 Å². The lowest BCUT2D eigenvalue weighted by Gasteiger charge is -2.31. The van der Waals surface area contributed by atoms with Gasteiger partial charge in [0.25, 0.3) is 0 Å². The van der Waals surface area contributed by atoms with Crippen molar-refractivity contribution in [2.45, 2.75) is 39.5 Å². The van der Waals surface area contributed by atoms with E-state index >= 15 is 0 Å². The van der Waals surface area contributed by atoms with Crippen molar-refractivity contribution in [2.24, 2.45) is 5.92 Å². The molecule has 0 N–H and O–H groups in total. The lowest BCUT2D eigenvalue weighted by molar-refractivity contribution is 0.0900. The average molecular weight is 359 g/mol. The third-order valence-corrected chi connectivity index (χ3v) is 5.03. The Kier molecular flexibility index (Phi) is 5.63. The van der Waals surface area contributed by atoms with Crippen LogP contribution in [0, 0.1) is 5.92 Å². The maximum atomic E-state index is 12.6. The molecular formula is C19H23ClN4O. The van der Waals surface area contributed by atoms with Crippen LogP contribution in [-0.2, 0) is 12.8 Å². The van der Waals surface area contributed by atoms with Gasteiger partial charge in [0.15, 0.2) is 5.78 Å². The van der Waals surface area contributed by atoms with E-state index in [-0.39, 0.29) is 11.7 Å². The number of carbonyl (C=O) groups excluding carboxylic acids is 1. The van der Waals surface area contributed by atoms with Crippen molar-refractivity contribution in [2.75, 3.05) is 18.0 Å². The molecule has 1 aliphatic rings. The number of ketones is 1. The minimum Gasteiger partial charge on any atom is -0.339 e. The van der Waals surface area contributed by atoms with E-state index in [1.54, 1.807) is 24.3 Å². The van der Waals surface area contributed by atoms with E-state index in [9.17, 15) is 4.79 Å². The van der Waals surface area contributed by atoms with Gasteiger partial charge in [-0.25, -0.2) is 4.98 Å². The topological polar surface area (TPSA) is 59.0 Å². The molecule has 1 aliphatic heterocycles. The summed E-state index contributed by atoms with van der Waals surface area (Å²) in [6.07, 6.45) is 3.32. The molecule has 0 radical (unpaired) electrons. The molecule has 3 rings (SSSR count). The molecule has 0 unspecified atom stereocenters. The van der Waals surface area contributed by atoms with Crippen LogP contribution in [0.15, 0.2) is 24.3 Å². The minimum absolute atomic E-state index is 0.0472. The van der Waals surface area contributed by atoms with Crippen LogP contribution < -0.4 is 4.90 Å². The van der Waals surface area contributed by atoms with Crippen LogP contribution in [-0.4, -0.2) is 34.1 Å². The van der Waals surface area contributed by atoms with Gasteiger partial charge in [0.1, 0.15) is 0 Å². The number of anilines is 1. The van der Waals surface area contributed by atoms with Gasteiger partial charge in [-0.05, 0) is 49.9 Å². The molecule has 0 amide bonds. The normalized spacial score (nSPS) is 15.4. The first-order chi connectivity index (χ1) is 12.1. The fourth-order valence-corrected chi connectivity index (χ4v) is 3.38. The van der Waals surface area contributed by atoms with Crippen molar-refractivity contribution in [3.8, 4) is 0 Å². The zero-order valence-corrected chi connectivity index (χ0v) is 15.5. The molecule has 0 bridgehead atoms. The smallest absolute Gasteiger partial charge is 0.245 e. The third kappa shape index (κ3) is 3.98. The molecular weight excluding hydrogens is 336 g/mol. The van der Waals surface area contributed by atoms with E-state index in [4.69, 9.17) is 11.6 Å². The van der Waals surface area contributed by atoms with E-state index in [0.717, 1.165) is 55.7 Å². The van der Waals surface area contributed by atoms with E-state index in [1.807, 2.05) is 0 Å². The number of hydrogen-bond acceptors (Lipinski definition) is 5. The molecule has 2 aromatic rings. The van der Waals surface area contributed by atoms with E-state index in [1.165, 1.54) is 0 Å². The Bertz CT molecular complexity index is 740. The maximum Gasteiger partial charge on any atom is 0.245 e. The number of aryl methyl sites for hydroxylation is 2. The fraction of sp³-hybridized carbons (Fsp3) is 0.474. The Morgan fingerprint density at radius 1 is 1.08 bits per heavy atom. The number of Topliss-reactive ketones (excluding diaryl/α,β-unsaturated/α-hetero) is 1. The number of halogens is 1. The quantitative estimate of drug-likeness (QED) is 0.762. The van der Waals surface area contributed by atoms with Crippen molar-refractivity contribution in [3.63, 3.8) is 0 Å². The summed E-state index contributed by atoms with van der Waals surface area (Å²) in [5, 5.41) is 9.26. The standard InChI is InChI=1S/C19H23ClN4O/c1-3-16-17(4-2)22-23-19(21-16)24-11-9-14(10-12-24)18(25)13-5-7-15(20)8-6-13/h5-8,14H,3-4,9-12H2,1-2H3. The highest BCUT2D eigenvalue weighted by molar-refractivity contribution is 6.30. The summed E-state index contributed by atoms with van der Waals surface area (Å²) < 4.78 is 0. The van der Waals surface area contributed by atoms with Crippen molar-refractivity contribution in [1.29, 1.82) is 0 Å². The van der Waals surface area contributed by atoms with Gasteiger partial charge in [-0.3, -0.25) is 4.79 Å². The largest absolute Gasteiger partial charge is 0.339 e. The second-order valence-electron chi connectivity index (χ2n) is 6.34. The monoisotopic (exact) mass is 358 g/mol. The second-order valence-corrected chi connectivity index (χ2v) is 6.78. The summed E-state index contributed by atoms with van der Waals surface area (Å²) in [5.74, 6) is 0.934. The zero-order valence-electron chi connectivity index (χ0n) is 14.7. The van der Waals surface area contributed by atoms with Crippen LogP contribution in [0.3, 0.4) is 0 Å². The van der Waals surface area contributed by atoms with Gasteiger partial charge in [0.2, 0.25) is 5.95 Å². The molecule has 2 heterocycles. The highest BCUT2D eigenvalue weighted by Gasteiger charge is 2.27. The molecule has 1 saturated heterocycles. The lowest BCUT2D eigenvalue weighted by Crippen LogP contribution is -2.37. The van der Waals surface area contributed by atoms with Crippen LogP contribution in [0.4, 0.5) is 5.95 Å². The average Bonchev–Trinajstić information content (AvgIpc) is 2.67. The summed E-state index contributed by atoms with van der Waals surface area (Å²) >= 11 is 5.90. The van der Waals surface area contributed by atoms with Crippen molar-refractivity contribution >= 4 is 23.3 Å². The van der Waals surface area contributed by atoms with Gasteiger partial charge in [0.05, 0.1) is 11.4 Å². The Morgan fingerprint density at radius 3 is 2.32 bits per heavy atom. The number of hydrogen-bond donors (Lipinski definition) is 0. The maximum absolute atomic E-state index is 12.6. The number of rotatable bonds is 5. The first-order valence-electron chi connectivity index (χ1n) is 8.89. The molecule has 132 valence electrons. The van der Waals surface area contributed by atoms with E-state index in [0.29, 0.717) is 11.0 Å². The van der Waals surface area contributed by atoms with Crippen molar-refractivity contribution in [1.82, 2.24) is 15.2 Å². The Balaban J connectivity index is 1.65. The van der Waals surface area contributed by atoms with Gasteiger partial charge in [0, 0.05) is 29.6 Å². The summed E-state index contributed by atoms with van der Waals surface area (Å²) in [6, 6.07) is 7.15. The number of piperidine rings is 1. The Labute approximate surface area is 153 Å². The predicted molar refractivity (Wildman–Crippen MR) is 99.3 cm³/mol. The molecule has 1 fully saturated rings. The Hall–Kier alpha value is -2.01. The summed E-state index contributed by atoms with van der Waals surface area (Å²) in [4.78, 5) is 19.4. The number of nitrogens with zero attached hydrogens (tertiary/aromatic N) is 4. The summed E-state index contributed by atoms with van der Waals surface area (Å²) in [6.45, 7) is 5.71. The van der Waals surface area contributed by atoms with Gasteiger partial charge < -0.3 is 4.90 Å². The Morgan fingerprint density at radius 2 is 1.72 bits per heavy atom. The first-order valence-corrected chi connectivity index (χ1v) is 9.27. The van der Waals surface area contributed by atoms with Gasteiger partial charge in [-0.1, -0.05) is 25.4 Å². The SMILES string of the molecule is CCc1nnc(N2CCC(C(=O)c3ccc(Cl)cc3)CC2)nc1CC. The van der Waals surface area contributed by atoms with Gasteiger partial charge in [-0.2, -0.15) is 5.10 Å². The third-order valence-electron chi connectivity index (χ3n) is 4.78. The van der Waals surface area contributed by atoms with Gasteiger partial charge in [-0.15, -0.1) is 5.10 Å². The van der Waals surface area contributed by atoms with Gasteiger partial charge >= 0.3 is 0 Å². The van der Waals surface area contributed by atoms with Crippen LogP contribution >= 0.6 is 11.6 Å². The second kappa shape index (κ2) is 7.91. The molecule has 1 aromatic heterocycles. The summed E-state index contributed by atoms with van der Waals surface area (Å²) in [5.41, 5.74) is 2.73. The highest BCUT2D eigenvalue weighted by atomic mass is 35.5. The molecule has 0 spiro atoms. The molecule has 0 atom stereocenters. The molecule has 0 aliphatic carbocycles. The molecule has 25 heavy (non-hydrogen) atoms. The number of aromatic nitrogens is 3. The van der Waals surface area contributed by atoms with Crippen molar-refractivity contribution in [3.05, 3.63) is 46.2 Å². The van der Waals surface area contributed by atoms with Crippen LogP contribution in [0.2, 0.25) is 5.02 Å². The van der Waals surface area contributed by atoms with Crippen molar-refractivity contribution < 1.29 is 4.79 Å². The summed E-state index contributed by atoms with van der Waals surface area (Å²) in [7, 11) is 0. The molecule has 1 aromatic carbocycles. The zero-order chi connectivity index (χ0) is 17.8. The number of carbonyl (C=O) groups is 1.